The van der Waals surface area contributed by atoms with Crippen molar-refractivity contribution in [3.8, 4) is 0 Å². The van der Waals surface area contributed by atoms with Crippen LogP contribution >= 0.6 is 15.9 Å². The number of carboxylic acids is 1. The summed E-state index contributed by atoms with van der Waals surface area (Å²) in [5, 5.41) is 14.2. The van der Waals surface area contributed by atoms with Crippen LogP contribution in [-0.4, -0.2) is 28.9 Å². The number of anilines is 1. The van der Waals surface area contributed by atoms with Gasteiger partial charge in [-0.15, -0.1) is 0 Å². The van der Waals surface area contributed by atoms with E-state index in [1.54, 1.807) is 6.07 Å². The lowest BCUT2D eigenvalue weighted by Crippen LogP contribution is -2.46. The molecule has 0 aromatic heterocycles. The predicted molar refractivity (Wildman–Crippen MR) is 82.2 cm³/mol. The van der Waals surface area contributed by atoms with Gasteiger partial charge in [-0.3, -0.25) is 9.59 Å². The number of carbonyl (C=O) groups excluding carboxylic acids is 2. The lowest BCUT2D eigenvalue weighted by Gasteiger charge is -2.21. The minimum atomic E-state index is -1.09. The Kier molecular flexibility index (Phi) is 5.90. The molecule has 1 aromatic carbocycles. The molecule has 21 heavy (non-hydrogen) atoms. The smallest absolute Gasteiger partial charge is 0.335 e. The third kappa shape index (κ3) is 5.18. The van der Waals surface area contributed by atoms with Crippen LogP contribution in [-0.2, 0) is 9.59 Å². The number of carbonyl (C=O) groups is 3. The van der Waals surface area contributed by atoms with E-state index in [1.165, 1.54) is 19.1 Å². The van der Waals surface area contributed by atoms with Crippen LogP contribution in [0, 0.1) is 5.92 Å². The van der Waals surface area contributed by atoms with Gasteiger partial charge in [0.2, 0.25) is 11.8 Å². The summed E-state index contributed by atoms with van der Waals surface area (Å²) in [6, 6.07) is 3.70. The molecule has 0 spiro atoms. The third-order valence-corrected chi connectivity index (χ3v) is 3.18. The van der Waals surface area contributed by atoms with Crippen molar-refractivity contribution in [1.82, 2.24) is 5.32 Å². The Labute approximate surface area is 131 Å². The number of aromatic carboxylic acids is 1. The van der Waals surface area contributed by atoms with Gasteiger partial charge in [0.25, 0.3) is 0 Å². The maximum absolute atomic E-state index is 12.2. The van der Waals surface area contributed by atoms with E-state index in [1.807, 2.05) is 13.8 Å². The Hall–Kier alpha value is -1.89. The first-order valence-corrected chi connectivity index (χ1v) is 7.12. The van der Waals surface area contributed by atoms with E-state index in [0.29, 0.717) is 10.2 Å². The first kappa shape index (κ1) is 17.2. The van der Waals surface area contributed by atoms with Crippen LogP contribution in [0.1, 0.15) is 31.1 Å². The first-order valence-electron chi connectivity index (χ1n) is 6.32. The summed E-state index contributed by atoms with van der Waals surface area (Å²) >= 11 is 3.19. The molecule has 1 rings (SSSR count). The maximum atomic E-state index is 12.2. The molecule has 7 heteroatoms. The zero-order chi connectivity index (χ0) is 16.2. The fourth-order valence-electron chi connectivity index (χ4n) is 1.76. The number of benzene rings is 1. The standard InChI is InChI=1S/C14H17BrN2O4/c1-7(2)12(16-8(3)18)13(19)17-11-5-9(14(20)21)4-10(15)6-11/h4-7,12H,1-3H3,(H,16,18)(H,17,19)(H,20,21). The number of carboxylic acid groups (broad SMARTS) is 1. The number of rotatable bonds is 5. The highest BCUT2D eigenvalue weighted by Crippen LogP contribution is 2.20. The van der Waals surface area contributed by atoms with Crippen LogP contribution in [0.4, 0.5) is 5.69 Å². The van der Waals surface area contributed by atoms with Crippen LogP contribution in [0.15, 0.2) is 22.7 Å². The third-order valence-electron chi connectivity index (χ3n) is 2.72. The van der Waals surface area contributed by atoms with Gasteiger partial charge in [0.15, 0.2) is 0 Å². The highest BCUT2D eigenvalue weighted by atomic mass is 79.9. The summed E-state index contributed by atoms with van der Waals surface area (Å²) in [5.74, 6) is -1.88. The van der Waals surface area contributed by atoms with E-state index in [9.17, 15) is 14.4 Å². The Balaban J connectivity index is 2.95. The van der Waals surface area contributed by atoms with Crippen molar-refractivity contribution in [1.29, 1.82) is 0 Å². The van der Waals surface area contributed by atoms with E-state index < -0.39 is 17.9 Å². The zero-order valence-electron chi connectivity index (χ0n) is 11.9. The summed E-state index contributed by atoms with van der Waals surface area (Å²) in [4.78, 5) is 34.3. The highest BCUT2D eigenvalue weighted by molar-refractivity contribution is 9.10. The molecule has 0 bridgehead atoms. The van der Waals surface area contributed by atoms with Gasteiger partial charge in [-0.25, -0.2) is 4.79 Å². The van der Waals surface area contributed by atoms with Crippen molar-refractivity contribution >= 4 is 39.4 Å². The molecule has 0 saturated carbocycles. The van der Waals surface area contributed by atoms with Crippen molar-refractivity contribution in [3.63, 3.8) is 0 Å². The van der Waals surface area contributed by atoms with Gasteiger partial charge in [0, 0.05) is 17.1 Å². The number of hydrogen-bond acceptors (Lipinski definition) is 3. The second kappa shape index (κ2) is 7.21. The minimum absolute atomic E-state index is 0.0558. The minimum Gasteiger partial charge on any atom is -0.478 e. The number of nitrogens with one attached hydrogen (secondary N) is 2. The molecule has 2 amide bonds. The number of amides is 2. The zero-order valence-corrected chi connectivity index (χ0v) is 13.5. The first-order chi connectivity index (χ1) is 9.70. The fourth-order valence-corrected chi connectivity index (χ4v) is 2.25. The second-order valence-corrected chi connectivity index (χ2v) is 5.86. The van der Waals surface area contributed by atoms with Gasteiger partial charge in [-0.2, -0.15) is 0 Å². The molecule has 0 radical (unpaired) electrons. The molecule has 0 aliphatic carbocycles. The van der Waals surface area contributed by atoms with Crippen LogP contribution in [0.25, 0.3) is 0 Å². The maximum Gasteiger partial charge on any atom is 0.335 e. The van der Waals surface area contributed by atoms with Crippen molar-refractivity contribution in [2.24, 2.45) is 5.92 Å². The molecule has 114 valence electrons. The average Bonchev–Trinajstić information content (AvgIpc) is 2.34. The Morgan fingerprint density at radius 3 is 2.29 bits per heavy atom. The monoisotopic (exact) mass is 356 g/mol. The van der Waals surface area contributed by atoms with Crippen molar-refractivity contribution in [2.45, 2.75) is 26.8 Å². The summed E-state index contributed by atoms with van der Waals surface area (Å²) in [6.45, 7) is 4.96. The van der Waals surface area contributed by atoms with Crippen molar-refractivity contribution in [3.05, 3.63) is 28.2 Å². The molecule has 0 fully saturated rings. The molecule has 6 nitrogen and oxygen atoms in total. The lowest BCUT2D eigenvalue weighted by molar-refractivity contribution is -0.126. The molecule has 1 atom stereocenters. The van der Waals surface area contributed by atoms with Gasteiger partial charge in [-0.05, 0) is 24.1 Å². The number of halogens is 1. The van der Waals surface area contributed by atoms with E-state index >= 15 is 0 Å². The van der Waals surface area contributed by atoms with E-state index in [-0.39, 0.29) is 17.4 Å². The Bertz CT molecular complexity index is 572. The molecule has 0 aliphatic heterocycles. The van der Waals surface area contributed by atoms with Crippen molar-refractivity contribution < 1.29 is 19.5 Å². The predicted octanol–water partition coefficient (Wildman–Crippen LogP) is 2.25. The van der Waals surface area contributed by atoms with Gasteiger partial charge >= 0.3 is 5.97 Å². The summed E-state index contributed by atoms with van der Waals surface area (Å²) in [7, 11) is 0. The van der Waals surface area contributed by atoms with Gasteiger partial charge in [0.1, 0.15) is 6.04 Å². The lowest BCUT2D eigenvalue weighted by atomic mass is 10.0. The molecular formula is C14H17BrN2O4. The highest BCUT2D eigenvalue weighted by Gasteiger charge is 2.23. The van der Waals surface area contributed by atoms with Gasteiger partial charge in [0.05, 0.1) is 5.56 Å². The van der Waals surface area contributed by atoms with Gasteiger partial charge < -0.3 is 15.7 Å². The van der Waals surface area contributed by atoms with Crippen LogP contribution in [0.2, 0.25) is 0 Å². The quantitative estimate of drug-likeness (QED) is 0.753. The number of hydrogen-bond donors (Lipinski definition) is 3. The average molecular weight is 357 g/mol. The van der Waals surface area contributed by atoms with E-state index in [2.05, 4.69) is 26.6 Å². The van der Waals surface area contributed by atoms with E-state index in [0.717, 1.165) is 0 Å². The van der Waals surface area contributed by atoms with E-state index in [4.69, 9.17) is 5.11 Å². The van der Waals surface area contributed by atoms with Crippen LogP contribution < -0.4 is 10.6 Å². The molecule has 1 unspecified atom stereocenters. The summed E-state index contributed by atoms with van der Waals surface area (Å²) in [6.07, 6.45) is 0. The second-order valence-electron chi connectivity index (χ2n) is 4.95. The molecular weight excluding hydrogens is 340 g/mol. The fraction of sp³-hybridized carbons (Fsp3) is 0.357. The topological polar surface area (TPSA) is 95.5 Å². The summed E-state index contributed by atoms with van der Waals surface area (Å²) in [5.41, 5.74) is 0.406. The molecule has 0 aliphatic rings. The summed E-state index contributed by atoms with van der Waals surface area (Å²) < 4.78 is 0.540. The molecule has 0 heterocycles. The molecule has 3 N–H and O–H groups in total. The Morgan fingerprint density at radius 2 is 1.81 bits per heavy atom. The van der Waals surface area contributed by atoms with Crippen LogP contribution in [0.5, 0.6) is 0 Å². The van der Waals surface area contributed by atoms with Crippen LogP contribution in [0.3, 0.4) is 0 Å². The van der Waals surface area contributed by atoms with Crippen molar-refractivity contribution in [2.75, 3.05) is 5.32 Å². The molecule has 0 saturated heterocycles. The normalized spacial score (nSPS) is 11.9. The Morgan fingerprint density at radius 1 is 1.19 bits per heavy atom. The largest absolute Gasteiger partial charge is 0.478 e. The SMILES string of the molecule is CC(=O)NC(C(=O)Nc1cc(Br)cc(C(=O)O)c1)C(C)C. The van der Waals surface area contributed by atoms with Gasteiger partial charge in [-0.1, -0.05) is 29.8 Å². The molecule has 1 aromatic rings.